The Balaban J connectivity index is 1.85. The lowest BCUT2D eigenvalue weighted by Gasteiger charge is -2.12. The molecule has 1 saturated carbocycles. The summed E-state index contributed by atoms with van der Waals surface area (Å²) in [5, 5.41) is 2.89. The summed E-state index contributed by atoms with van der Waals surface area (Å²) in [6.45, 7) is 4.05. The van der Waals surface area contributed by atoms with Gasteiger partial charge in [0.15, 0.2) is 0 Å². The first-order valence-corrected chi connectivity index (χ1v) is 7.68. The fourth-order valence-electron chi connectivity index (χ4n) is 2.62. The second-order valence-electron chi connectivity index (χ2n) is 6.05. The standard InChI is InChI=1S/C18H21N3O/c1-11-9-14(5-6-16(11)12(2)19)15-7-8-20-17(10-15)21-18(22)13-3-4-13/h5-10,12-13H,3-4,19H2,1-2H3,(H,20,21,22)/t12-/m1/s1. The first kappa shape index (κ1) is 14.7. The van der Waals surface area contributed by atoms with Gasteiger partial charge in [-0.1, -0.05) is 18.2 Å². The van der Waals surface area contributed by atoms with Crippen LogP contribution < -0.4 is 11.1 Å². The van der Waals surface area contributed by atoms with E-state index in [0.717, 1.165) is 29.5 Å². The molecule has 1 heterocycles. The Hall–Kier alpha value is -2.20. The van der Waals surface area contributed by atoms with Crippen LogP contribution in [0.3, 0.4) is 0 Å². The normalized spacial score (nSPS) is 15.4. The van der Waals surface area contributed by atoms with Crippen LogP contribution in [0.1, 0.15) is 36.9 Å². The molecule has 114 valence electrons. The van der Waals surface area contributed by atoms with E-state index in [1.807, 2.05) is 19.1 Å². The van der Waals surface area contributed by atoms with E-state index >= 15 is 0 Å². The summed E-state index contributed by atoms with van der Waals surface area (Å²) < 4.78 is 0. The second kappa shape index (κ2) is 5.89. The third-order valence-corrected chi connectivity index (χ3v) is 4.05. The lowest BCUT2D eigenvalue weighted by molar-refractivity contribution is -0.117. The predicted octanol–water partition coefficient (Wildman–Crippen LogP) is 3.43. The lowest BCUT2D eigenvalue weighted by atomic mass is 9.97. The summed E-state index contributed by atoms with van der Waals surface area (Å²) >= 11 is 0. The molecule has 0 radical (unpaired) electrons. The molecule has 0 unspecified atom stereocenters. The van der Waals surface area contributed by atoms with E-state index in [2.05, 4.69) is 35.4 Å². The van der Waals surface area contributed by atoms with Crippen LogP contribution >= 0.6 is 0 Å². The van der Waals surface area contributed by atoms with E-state index in [0.29, 0.717) is 5.82 Å². The van der Waals surface area contributed by atoms with Crippen LogP contribution in [-0.2, 0) is 4.79 Å². The van der Waals surface area contributed by atoms with E-state index in [1.165, 1.54) is 5.56 Å². The molecule has 0 bridgehead atoms. The maximum atomic E-state index is 11.8. The highest BCUT2D eigenvalue weighted by Crippen LogP contribution is 2.30. The monoisotopic (exact) mass is 295 g/mol. The number of nitrogens with zero attached hydrogens (tertiary/aromatic N) is 1. The van der Waals surface area contributed by atoms with Crippen LogP contribution in [-0.4, -0.2) is 10.9 Å². The van der Waals surface area contributed by atoms with Crippen LogP contribution in [0.25, 0.3) is 11.1 Å². The third-order valence-electron chi connectivity index (χ3n) is 4.05. The molecule has 4 nitrogen and oxygen atoms in total. The molecule has 1 atom stereocenters. The zero-order valence-corrected chi connectivity index (χ0v) is 13.0. The minimum Gasteiger partial charge on any atom is -0.324 e. The van der Waals surface area contributed by atoms with Crippen molar-refractivity contribution in [3.05, 3.63) is 47.7 Å². The van der Waals surface area contributed by atoms with Gasteiger partial charge in [-0.3, -0.25) is 4.79 Å². The Morgan fingerprint density at radius 2 is 2.00 bits per heavy atom. The van der Waals surface area contributed by atoms with E-state index in [-0.39, 0.29) is 17.9 Å². The molecule has 1 aliphatic carbocycles. The number of aryl methyl sites for hydroxylation is 1. The Kier molecular flexibility index (Phi) is 3.94. The molecule has 1 aromatic carbocycles. The molecule has 0 aliphatic heterocycles. The first-order valence-electron chi connectivity index (χ1n) is 7.68. The van der Waals surface area contributed by atoms with Gasteiger partial charge in [-0.25, -0.2) is 4.98 Å². The lowest BCUT2D eigenvalue weighted by Crippen LogP contribution is -2.14. The van der Waals surface area contributed by atoms with Gasteiger partial charge < -0.3 is 11.1 Å². The summed E-state index contributed by atoms with van der Waals surface area (Å²) in [6.07, 6.45) is 3.71. The molecular formula is C18H21N3O. The summed E-state index contributed by atoms with van der Waals surface area (Å²) in [4.78, 5) is 16.1. The average molecular weight is 295 g/mol. The molecule has 0 saturated heterocycles. The van der Waals surface area contributed by atoms with Gasteiger partial charge in [0.05, 0.1) is 0 Å². The predicted molar refractivity (Wildman–Crippen MR) is 88.4 cm³/mol. The molecular weight excluding hydrogens is 274 g/mol. The van der Waals surface area contributed by atoms with Gasteiger partial charge >= 0.3 is 0 Å². The third kappa shape index (κ3) is 3.17. The highest BCUT2D eigenvalue weighted by molar-refractivity contribution is 5.93. The first-order chi connectivity index (χ1) is 10.5. The minimum absolute atomic E-state index is 0.0277. The number of hydrogen-bond donors (Lipinski definition) is 2. The van der Waals surface area contributed by atoms with E-state index < -0.39 is 0 Å². The Bertz CT molecular complexity index is 705. The molecule has 3 rings (SSSR count). The Labute approximate surface area is 130 Å². The largest absolute Gasteiger partial charge is 0.324 e. The SMILES string of the molecule is Cc1cc(-c2ccnc(NC(=O)C3CC3)c2)ccc1[C@@H](C)N. The van der Waals surface area contributed by atoms with Crippen LogP contribution in [0.2, 0.25) is 0 Å². The average Bonchev–Trinajstić information content (AvgIpc) is 3.31. The zero-order chi connectivity index (χ0) is 15.7. The quantitative estimate of drug-likeness (QED) is 0.908. The van der Waals surface area contributed by atoms with Gasteiger partial charge in [-0.2, -0.15) is 0 Å². The topological polar surface area (TPSA) is 68.0 Å². The van der Waals surface area contributed by atoms with Crippen molar-refractivity contribution in [1.82, 2.24) is 4.98 Å². The highest BCUT2D eigenvalue weighted by Gasteiger charge is 2.29. The number of nitrogens with two attached hydrogens (primary N) is 1. The van der Waals surface area contributed by atoms with Crippen LogP contribution in [0.5, 0.6) is 0 Å². The number of anilines is 1. The fourth-order valence-corrected chi connectivity index (χ4v) is 2.62. The summed E-state index contributed by atoms with van der Waals surface area (Å²) in [5.74, 6) is 0.870. The molecule has 4 heteroatoms. The number of carbonyl (C=O) groups excluding carboxylic acids is 1. The smallest absolute Gasteiger partial charge is 0.228 e. The summed E-state index contributed by atoms with van der Waals surface area (Å²) in [7, 11) is 0. The molecule has 1 fully saturated rings. The summed E-state index contributed by atoms with van der Waals surface area (Å²) in [5.41, 5.74) is 10.4. The van der Waals surface area contributed by atoms with Crippen LogP contribution in [0.4, 0.5) is 5.82 Å². The summed E-state index contributed by atoms with van der Waals surface area (Å²) in [6, 6.07) is 10.2. The maximum Gasteiger partial charge on any atom is 0.228 e. The molecule has 1 amide bonds. The number of pyridine rings is 1. The van der Waals surface area contributed by atoms with Crippen molar-refractivity contribution in [2.24, 2.45) is 11.7 Å². The van der Waals surface area contributed by atoms with Gasteiger partial charge in [-0.15, -0.1) is 0 Å². The van der Waals surface area contributed by atoms with Crippen molar-refractivity contribution in [2.45, 2.75) is 32.7 Å². The van der Waals surface area contributed by atoms with Crippen molar-refractivity contribution >= 4 is 11.7 Å². The number of aromatic nitrogens is 1. The van der Waals surface area contributed by atoms with E-state index in [9.17, 15) is 4.79 Å². The van der Waals surface area contributed by atoms with Crippen molar-refractivity contribution in [3.8, 4) is 11.1 Å². The maximum absolute atomic E-state index is 11.8. The molecule has 0 spiro atoms. The second-order valence-corrected chi connectivity index (χ2v) is 6.05. The number of amides is 1. The zero-order valence-electron chi connectivity index (χ0n) is 13.0. The molecule has 1 aromatic heterocycles. The van der Waals surface area contributed by atoms with Crippen molar-refractivity contribution in [1.29, 1.82) is 0 Å². The fraction of sp³-hybridized carbons (Fsp3) is 0.333. The van der Waals surface area contributed by atoms with Gasteiger partial charge in [0.2, 0.25) is 5.91 Å². The van der Waals surface area contributed by atoms with Crippen molar-refractivity contribution in [3.63, 3.8) is 0 Å². The van der Waals surface area contributed by atoms with Gasteiger partial charge in [0, 0.05) is 18.2 Å². The van der Waals surface area contributed by atoms with E-state index in [1.54, 1.807) is 6.20 Å². The number of nitrogens with one attached hydrogen (secondary N) is 1. The Morgan fingerprint density at radius 1 is 1.27 bits per heavy atom. The molecule has 3 N–H and O–H groups in total. The van der Waals surface area contributed by atoms with Crippen molar-refractivity contribution in [2.75, 3.05) is 5.32 Å². The molecule has 1 aliphatic rings. The number of benzene rings is 1. The van der Waals surface area contributed by atoms with Gasteiger partial charge in [0.25, 0.3) is 0 Å². The van der Waals surface area contributed by atoms with Crippen LogP contribution in [0, 0.1) is 12.8 Å². The number of hydrogen-bond acceptors (Lipinski definition) is 3. The molecule has 22 heavy (non-hydrogen) atoms. The minimum atomic E-state index is 0.0277. The number of rotatable bonds is 4. The van der Waals surface area contributed by atoms with Crippen molar-refractivity contribution < 1.29 is 4.79 Å². The van der Waals surface area contributed by atoms with Crippen LogP contribution in [0.15, 0.2) is 36.5 Å². The van der Waals surface area contributed by atoms with Gasteiger partial charge in [0.1, 0.15) is 5.82 Å². The molecule has 2 aromatic rings. The van der Waals surface area contributed by atoms with E-state index in [4.69, 9.17) is 5.73 Å². The Morgan fingerprint density at radius 3 is 2.64 bits per heavy atom. The highest BCUT2D eigenvalue weighted by atomic mass is 16.2. The number of carbonyl (C=O) groups is 1. The van der Waals surface area contributed by atoms with Gasteiger partial charge in [-0.05, 0) is 61.1 Å².